The van der Waals surface area contributed by atoms with E-state index < -0.39 is 47.7 Å². The second kappa shape index (κ2) is 11.6. The van der Waals surface area contributed by atoms with E-state index in [9.17, 15) is 38.5 Å². The van der Waals surface area contributed by atoms with Crippen molar-refractivity contribution in [1.82, 2.24) is 0 Å². The predicted octanol–water partition coefficient (Wildman–Crippen LogP) is -3.06. The van der Waals surface area contributed by atoms with Gasteiger partial charge in [0, 0.05) is 6.07 Å². The van der Waals surface area contributed by atoms with Crippen molar-refractivity contribution in [3.63, 3.8) is 0 Å². The molecule has 1 fully saturated rings. The molecule has 1 aliphatic rings. The zero-order valence-corrected chi connectivity index (χ0v) is 20.2. The molecule has 33 heavy (non-hydrogen) atoms. The quantitative estimate of drug-likeness (QED) is 0.114. The molecule has 0 bridgehead atoms. The second-order valence-corrected chi connectivity index (χ2v) is 7.99. The molecule has 3 rings (SSSR count). The molecular weight excluding hydrogens is 471 g/mol. The summed E-state index contributed by atoms with van der Waals surface area (Å²) >= 11 is 0. The molecule has 0 amide bonds. The molecule has 0 spiro atoms. The second-order valence-electron chi connectivity index (χ2n) is 6.98. The van der Waals surface area contributed by atoms with E-state index in [-0.39, 0.29) is 46.8 Å². The number of phenolic OH excluding ortho intramolecular Hbond substituents is 2. The molecule has 5 N–H and O–H groups in total. The van der Waals surface area contributed by atoms with E-state index in [4.69, 9.17) is 9.47 Å². The summed E-state index contributed by atoms with van der Waals surface area (Å²) in [7, 11) is -5.31. The van der Waals surface area contributed by atoms with Crippen molar-refractivity contribution in [3.8, 4) is 17.2 Å². The van der Waals surface area contributed by atoms with Crippen LogP contribution in [-0.4, -0.2) is 75.8 Å². The van der Waals surface area contributed by atoms with E-state index >= 15 is 0 Å². The number of phenols is 2. The van der Waals surface area contributed by atoms with Crippen molar-refractivity contribution in [1.29, 1.82) is 0 Å². The van der Waals surface area contributed by atoms with E-state index in [2.05, 4.69) is 4.18 Å². The van der Waals surface area contributed by atoms with Crippen LogP contribution in [0.4, 0.5) is 0 Å². The minimum absolute atomic E-state index is 0. The Bertz CT molecular complexity index is 1060. The normalized spacial score (nSPS) is 25.5. The first kappa shape index (κ1) is 27.5. The molecule has 0 unspecified atom stereocenters. The molecule has 13 heteroatoms. The van der Waals surface area contributed by atoms with Gasteiger partial charge in [0.05, 0.1) is 6.61 Å². The first-order chi connectivity index (χ1) is 15.1. The van der Waals surface area contributed by atoms with Gasteiger partial charge in [-0.25, -0.2) is 8.42 Å². The van der Waals surface area contributed by atoms with Gasteiger partial charge in [0.2, 0.25) is 16.7 Å². The Kier molecular flexibility index (Phi) is 9.70. The van der Waals surface area contributed by atoms with Crippen LogP contribution in [0.2, 0.25) is 0 Å². The van der Waals surface area contributed by atoms with E-state index in [1.807, 2.05) is 0 Å². The Labute approximate surface area is 211 Å². The number of hydrogen-bond donors (Lipinski definition) is 5. The first-order valence-corrected chi connectivity index (χ1v) is 10.6. The van der Waals surface area contributed by atoms with E-state index in [1.165, 1.54) is 24.3 Å². The van der Waals surface area contributed by atoms with Gasteiger partial charge in [-0.2, -0.15) is 0 Å². The SMILES string of the molecule is O=S(=O)([O-])O[C@H]1[C@H](Oc2cc(O)cc(/C=C/c3ccc(O)cc3)c2)O[C@H](CO)[C@@H](O)[C@@H]1O.[Na+]. The zero-order valence-electron chi connectivity index (χ0n) is 17.4. The Morgan fingerprint density at radius 2 is 1.61 bits per heavy atom. The largest absolute Gasteiger partial charge is 1.00 e. The van der Waals surface area contributed by atoms with Crippen LogP contribution in [0.5, 0.6) is 17.2 Å². The fraction of sp³-hybridized carbons (Fsp3) is 0.300. The molecule has 11 nitrogen and oxygen atoms in total. The monoisotopic (exact) mass is 492 g/mol. The van der Waals surface area contributed by atoms with Crippen LogP contribution in [0.1, 0.15) is 11.1 Å². The Morgan fingerprint density at radius 3 is 2.21 bits per heavy atom. The zero-order chi connectivity index (χ0) is 23.5. The number of aliphatic hydroxyl groups is 3. The molecule has 174 valence electrons. The van der Waals surface area contributed by atoms with Crippen molar-refractivity contribution in [2.45, 2.75) is 30.7 Å². The average molecular weight is 492 g/mol. The summed E-state index contributed by atoms with van der Waals surface area (Å²) in [6.45, 7) is -0.740. The molecule has 0 aromatic heterocycles. The molecule has 0 saturated carbocycles. The smallest absolute Gasteiger partial charge is 0.726 e. The Morgan fingerprint density at radius 1 is 0.970 bits per heavy atom. The van der Waals surface area contributed by atoms with E-state index in [1.54, 1.807) is 24.3 Å². The molecule has 0 aliphatic carbocycles. The van der Waals surface area contributed by atoms with Gasteiger partial charge < -0.3 is 39.6 Å². The molecule has 0 radical (unpaired) electrons. The van der Waals surface area contributed by atoms with Gasteiger partial charge in [0.25, 0.3) is 0 Å². The fourth-order valence-corrected chi connectivity index (χ4v) is 3.55. The Hall–Kier alpha value is -1.71. The minimum Gasteiger partial charge on any atom is -0.726 e. The van der Waals surface area contributed by atoms with Crippen molar-refractivity contribution in [2.75, 3.05) is 6.61 Å². The maximum absolute atomic E-state index is 11.1. The van der Waals surface area contributed by atoms with Crippen molar-refractivity contribution >= 4 is 22.6 Å². The van der Waals surface area contributed by atoms with Gasteiger partial charge in [-0.15, -0.1) is 0 Å². The molecular formula is C20H21NaO11S. The summed E-state index contributed by atoms with van der Waals surface area (Å²) in [5, 5.41) is 48.8. The molecule has 2 aromatic rings. The van der Waals surface area contributed by atoms with Crippen LogP contribution in [0, 0.1) is 0 Å². The molecule has 1 heterocycles. The van der Waals surface area contributed by atoms with Crippen molar-refractivity contribution < 1.29 is 81.7 Å². The topological polar surface area (TPSA) is 186 Å². The van der Waals surface area contributed by atoms with Crippen LogP contribution in [0.25, 0.3) is 12.2 Å². The molecule has 1 aliphatic heterocycles. The third-order valence-corrected chi connectivity index (χ3v) is 5.04. The fourth-order valence-electron chi connectivity index (χ4n) is 3.07. The summed E-state index contributed by atoms with van der Waals surface area (Å²) in [6.07, 6.45) is -5.38. The van der Waals surface area contributed by atoms with Crippen molar-refractivity contribution in [3.05, 3.63) is 53.6 Å². The van der Waals surface area contributed by atoms with Crippen LogP contribution >= 0.6 is 0 Å². The summed E-state index contributed by atoms with van der Waals surface area (Å²) in [6, 6.07) is 10.3. The summed E-state index contributed by atoms with van der Waals surface area (Å²) < 4.78 is 48.2. The average Bonchev–Trinajstić information content (AvgIpc) is 2.72. The number of aromatic hydroxyl groups is 2. The van der Waals surface area contributed by atoms with Crippen LogP contribution in [0.3, 0.4) is 0 Å². The minimum atomic E-state index is -5.31. The third-order valence-electron chi connectivity index (χ3n) is 4.58. The maximum atomic E-state index is 11.1. The van der Waals surface area contributed by atoms with Gasteiger partial charge in [-0.1, -0.05) is 24.3 Å². The van der Waals surface area contributed by atoms with E-state index in [0.717, 1.165) is 11.6 Å². The van der Waals surface area contributed by atoms with Crippen molar-refractivity contribution in [2.24, 2.45) is 0 Å². The van der Waals surface area contributed by atoms with Crippen LogP contribution in [-0.2, 0) is 19.3 Å². The summed E-state index contributed by atoms with van der Waals surface area (Å²) in [5.41, 5.74) is 1.21. The number of aliphatic hydroxyl groups excluding tert-OH is 3. The van der Waals surface area contributed by atoms with Gasteiger partial charge >= 0.3 is 29.6 Å². The number of hydrogen-bond acceptors (Lipinski definition) is 11. The number of ether oxygens (including phenoxy) is 2. The van der Waals surface area contributed by atoms with Gasteiger partial charge in [-0.3, -0.25) is 4.18 Å². The molecule has 5 atom stereocenters. The van der Waals surface area contributed by atoms with Crippen LogP contribution in [0.15, 0.2) is 42.5 Å². The third kappa shape index (κ3) is 7.65. The van der Waals surface area contributed by atoms with Gasteiger partial charge in [0.15, 0.2) is 6.10 Å². The summed E-state index contributed by atoms with van der Waals surface area (Å²) in [5.74, 6) is -0.164. The number of benzene rings is 2. The van der Waals surface area contributed by atoms with E-state index in [0.29, 0.717) is 5.56 Å². The van der Waals surface area contributed by atoms with Crippen LogP contribution < -0.4 is 34.3 Å². The maximum Gasteiger partial charge on any atom is 1.00 e. The number of rotatable bonds is 7. The van der Waals surface area contributed by atoms with Gasteiger partial charge in [-0.05, 0) is 35.4 Å². The standard InChI is InChI=1S/C20H22O11S.Na/c21-10-16-17(24)18(25)19(31-32(26,27)28)20(30-16)29-15-8-12(7-14(23)9-15)2-1-11-3-5-13(22)6-4-11;/h1-9,16-25H,10H2,(H,26,27,28);/q;+1/p-1/b2-1+;/t16-,17-,18+,19-,20-;/m1./s1. The van der Waals surface area contributed by atoms with Gasteiger partial charge in [0.1, 0.15) is 35.6 Å². The predicted molar refractivity (Wildman–Crippen MR) is 108 cm³/mol. The first-order valence-electron chi connectivity index (χ1n) is 9.30. The molecule has 1 saturated heterocycles. The Balaban J connectivity index is 0.00000385. The molecule has 2 aromatic carbocycles. The summed E-state index contributed by atoms with van der Waals surface area (Å²) in [4.78, 5) is 0.